The molecule has 0 aromatic carbocycles. The number of nitro groups is 1. The zero-order valence-corrected chi connectivity index (χ0v) is 10.7. The summed E-state index contributed by atoms with van der Waals surface area (Å²) in [5.74, 6) is 1.63. The van der Waals surface area contributed by atoms with Gasteiger partial charge in [-0.2, -0.15) is 0 Å². The Kier molecular flexibility index (Phi) is 4.43. The number of rotatable bonds is 5. The molecule has 17 heavy (non-hydrogen) atoms. The van der Waals surface area contributed by atoms with Gasteiger partial charge in [-0.3, -0.25) is 10.1 Å². The molecule has 0 saturated carbocycles. The Bertz CT molecular complexity index is 405. The Balaban J connectivity index is 2.73. The van der Waals surface area contributed by atoms with Crippen LogP contribution < -0.4 is 5.32 Å². The van der Waals surface area contributed by atoms with Crippen LogP contribution >= 0.6 is 0 Å². The minimum atomic E-state index is -0.381. The van der Waals surface area contributed by atoms with Crippen LogP contribution in [-0.2, 0) is 0 Å². The Morgan fingerprint density at radius 3 is 2.65 bits per heavy atom. The van der Waals surface area contributed by atoms with Crippen molar-refractivity contribution >= 4 is 11.5 Å². The van der Waals surface area contributed by atoms with Crippen molar-refractivity contribution in [3.63, 3.8) is 0 Å². The molecular formula is C12H19N3O2. The van der Waals surface area contributed by atoms with E-state index in [1.165, 1.54) is 12.3 Å². The quantitative estimate of drug-likeness (QED) is 0.631. The van der Waals surface area contributed by atoms with Crippen LogP contribution in [0.15, 0.2) is 12.3 Å². The molecule has 1 aromatic rings. The van der Waals surface area contributed by atoms with E-state index in [0.717, 1.165) is 6.54 Å². The van der Waals surface area contributed by atoms with Crippen molar-refractivity contribution in [2.45, 2.75) is 27.7 Å². The van der Waals surface area contributed by atoms with Gasteiger partial charge in [0.25, 0.3) is 5.69 Å². The number of nitrogens with zero attached hydrogens (tertiary/aromatic N) is 2. The van der Waals surface area contributed by atoms with E-state index in [9.17, 15) is 10.1 Å². The van der Waals surface area contributed by atoms with Crippen molar-refractivity contribution in [2.24, 2.45) is 11.8 Å². The van der Waals surface area contributed by atoms with Gasteiger partial charge in [0, 0.05) is 18.3 Å². The maximum absolute atomic E-state index is 10.8. The zero-order valence-electron chi connectivity index (χ0n) is 10.7. The number of anilines is 1. The van der Waals surface area contributed by atoms with Gasteiger partial charge in [0.2, 0.25) is 0 Å². The van der Waals surface area contributed by atoms with Crippen LogP contribution in [0.4, 0.5) is 11.5 Å². The fourth-order valence-corrected chi connectivity index (χ4v) is 1.31. The molecule has 1 rings (SSSR count). The first-order chi connectivity index (χ1) is 7.91. The Morgan fingerprint density at radius 2 is 2.12 bits per heavy atom. The highest BCUT2D eigenvalue weighted by Gasteiger charge is 2.13. The van der Waals surface area contributed by atoms with Gasteiger partial charge in [0.05, 0.1) is 11.0 Å². The maximum atomic E-state index is 10.8. The van der Waals surface area contributed by atoms with E-state index in [1.807, 2.05) is 0 Å². The van der Waals surface area contributed by atoms with Crippen molar-refractivity contribution in [2.75, 3.05) is 11.9 Å². The average Bonchev–Trinajstić information content (AvgIpc) is 2.26. The Labute approximate surface area is 101 Å². The van der Waals surface area contributed by atoms with Crippen molar-refractivity contribution in [1.82, 2.24) is 4.98 Å². The lowest BCUT2D eigenvalue weighted by Crippen LogP contribution is -2.16. The van der Waals surface area contributed by atoms with Gasteiger partial charge in [-0.1, -0.05) is 20.8 Å². The largest absolute Gasteiger partial charge is 0.370 e. The molecule has 0 aliphatic carbocycles. The number of pyridine rings is 1. The highest BCUT2D eigenvalue weighted by Crippen LogP contribution is 2.20. The first kappa shape index (κ1) is 13.4. The summed E-state index contributed by atoms with van der Waals surface area (Å²) in [5, 5.41) is 13.9. The van der Waals surface area contributed by atoms with E-state index < -0.39 is 0 Å². The predicted octanol–water partition coefficient (Wildman–Crippen LogP) is 3.00. The van der Waals surface area contributed by atoms with Crippen LogP contribution in [0, 0.1) is 28.9 Å². The monoisotopic (exact) mass is 237 g/mol. The zero-order chi connectivity index (χ0) is 13.0. The molecule has 0 radical (unpaired) electrons. The molecule has 1 heterocycles. The third-order valence-corrected chi connectivity index (χ3v) is 3.01. The summed E-state index contributed by atoms with van der Waals surface area (Å²) in [5.41, 5.74) is 0.692. The summed E-state index contributed by atoms with van der Waals surface area (Å²) in [4.78, 5) is 14.5. The molecule has 1 N–H and O–H groups in total. The summed E-state index contributed by atoms with van der Waals surface area (Å²) >= 11 is 0. The van der Waals surface area contributed by atoms with Gasteiger partial charge in [0.1, 0.15) is 5.82 Å². The molecule has 1 unspecified atom stereocenters. The summed E-state index contributed by atoms with van der Waals surface area (Å²) in [7, 11) is 0. The van der Waals surface area contributed by atoms with E-state index in [1.54, 1.807) is 6.92 Å². The van der Waals surface area contributed by atoms with Gasteiger partial charge < -0.3 is 5.32 Å². The SMILES string of the molecule is Cc1cnc(NCC(C)C(C)C)cc1[N+](=O)[O-]. The van der Waals surface area contributed by atoms with Crippen LogP contribution in [0.25, 0.3) is 0 Å². The van der Waals surface area contributed by atoms with Crippen LogP contribution in [0.3, 0.4) is 0 Å². The first-order valence-corrected chi connectivity index (χ1v) is 5.76. The third kappa shape index (κ3) is 3.69. The Morgan fingerprint density at radius 1 is 1.47 bits per heavy atom. The van der Waals surface area contributed by atoms with Crippen LogP contribution in [0.1, 0.15) is 26.3 Å². The molecule has 1 atom stereocenters. The Hall–Kier alpha value is -1.65. The fraction of sp³-hybridized carbons (Fsp3) is 0.583. The van der Waals surface area contributed by atoms with Crippen LogP contribution in [0.5, 0.6) is 0 Å². The summed E-state index contributed by atoms with van der Waals surface area (Å²) < 4.78 is 0. The van der Waals surface area contributed by atoms with Crippen molar-refractivity contribution in [3.8, 4) is 0 Å². The molecule has 0 saturated heterocycles. The van der Waals surface area contributed by atoms with E-state index >= 15 is 0 Å². The smallest absolute Gasteiger partial charge is 0.277 e. The lowest BCUT2D eigenvalue weighted by Gasteiger charge is -2.16. The summed E-state index contributed by atoms with van der Waals surface area (Å²) in [6, 6.07) is 1.49. The van der Waals surface area contributed by atoms with Gasteiger partial charge in [-0.15, -0.1) is 0 Å². The fourth-order valence-electron chi connectivity index (χ4n) is 1.31. The lowest BCUT2D eigenvalue weighted by molar-refractivity contribution is -0.385. The molecule has 0 bridgehead atoms. The first-order valence-electron chi connectivity index (χ1n) is 5.76. The summed E-state index contributed by atoms with van der Waals surface area (Å²) in [6.07, 6.45) is 1.53. The standard InChI is InChI=1S/C12H19N3O2/c1-8(2)9(3)6-13-12-5-11(15(16)17)10(4)7-14-12/h5,7-9H,6H2,1-4H3,(H,13,14). The molecule has 5 nitrogen and oxygen atoms in total. The topological polar surface area (TPSA) is 68.1 Å². The normalized spacial score (nSPS) is 12.5. The minimum absolute atomic E-state index is 0.111. The third-order valence-electron chi connectivity index (χ3n) is 3.01. The molecule has 0 amide bonds. The van der Waals surface area contributed by atoms with Crippen molar-refractivity contribution in [1.29, 1.82) is 0 Å². The molecule has 5 heteroatoms. The van der Waals surface area contributed by atoms with E-state index in [0.29, 0.717) is 23.2 Å². The van der Waals surface area contributed by atoms with E-state index in [4.69, 9.17) is 0 Å². The van der Waals surface area contributed by atoms with Gasteiger partial charge in [-0.05, 0) is 18.8 Å². The maximum Gasteiger partial charge on any atom is 0.277 e. The molecule has 0 aliphatic heterocycles. The molecular weight excluding hydrogens is 218 g/mol. The second-order valence-corrected chi connectivity index (χ2v) is 4.72. The minimum Gasteiger partial charge on any atom is -0.370 e. The van der Waals surface area contributed by atoms with Crippen LogP contribution in [0.2, 0.25) is 0 Å². The highest BCUT2D eigenvalue weighted by molar-refractivity contribution is 5.48. The number of hydrogen-bond acceptors (Lipinski definition) is 4. The van der Waals surface area contributed by atoms with Gasteiger partial charge in [0.15, 0.2) is 0 Å². The van der Waals surface area contributed by atoms with Crippen molar-refractivity contribution in [3.05, 3.63) is 27.9 Å². The van der Waals surface area contributed by atoms with Crippen LogP contribution in [-0.4, -0.2) is 16.5 Å². The van der Waals surface area contributed by atoms with E-state index in [-0.39, 0.29) is 10.6 Å². The molecule has 0 spiro atoms. The molecule has 1 aromatic heterocycles. The highest BCUT2D eigenvalue weighted by atomic mass is 16.6. The van der Waals surface area contributed by atoms with Gasteiger partial charge in [-0.25, -0.2) is 4.98 Å². The molecule has 0 aliphatic rings. The average molecular weight is 237 g/mol. The number of aromatic nitrogens is 1. The predicted molar refractivity (Wildman–Crippen MR) is 68.1 cm³/mol. The van der Waals surface area contributed by atoms with Crippen molar-refractivity contribution < 1.29 is 4.92 Å². The lowest BCUT2D eigenvalue weighted by atomic mass is 9.98. The second-order valence-electron chi connectivity index (χ2n) is 4.72. The number of aryl methyl sites for hydroxylation is 1. The number of nitrogens with one attached hydrogen (secondary N) is 1. The summed E-state index contributed by atoms with van der Waals surface area (Å²) in [6.45, 7) is 8.89. The second kappa shape index (κ2) is 5.61. The number of hydrogen-bond donors (Lipinski definition) is 1. The van der Waals surface area contributed by atoms with E-state index in [2.05, 4.69) is 31.1 Å². The molecule has 0 fully saturated rings. The molecule has 94 valence electrons. The van der Waals surface area contributed by atoms with Gasteiger partial charge >= 0.3 is 0 Å².